The molecule has 4 heteroatoms. The van der Waals surface area contributed by atoms with E-state index in [4.69, 9.17) is 4.74 Å². The summed E-state index contributed by atoms with van der Waals surface area (Å²) < 4.78 is 18.6. The molecular formula is C9H15O3P. The molecule has 0 radical (unpaired) electrons. The topological polar surface area (TPSA) is 35.5 Å². The van der Waals surface area contributed by atoms with Crippen molar-refractivity contribution in [3.05, 3.63) is 38.0 Å². The van der Waals surface area contributed by atoms with E-state index in [-0.39, 0.29) is 8.69 Å². The maximum atomic E-state index is 9.39. The molecule has 0 saturated carbocycles. The smallest absolute Gasteiger partial charge is 0.327 e. The van der Waals surface area contributed by atoms with Crippen LogP contribution in [0.3, 0.4) is 0 Å². The summed E-state index contributed by atoms with van der Waals surface area (Å²) in [7, 11) is -0.276. The highest BCUT2D eigenvalue weighted by Gasteiger charge is 1.71. The van der Waals surface area contributed by atoms with Gasteiger partial charge in [-0.15, -0.1) is 19.7 Å². The molecule has 0 aromatic rings. The Balaban J connectivity index is 0. The van der Waals surface area contributed by atoms with Gasteiger partial charge in [0.05, 0.1) is 19.8 Å². The largest absolute Gasteiger partial charge is 0.373 e. The van der Waals surface area contributed by atoms with E-state index >= 15 is 0 Å². The summed E-state index contributed by atoms with van der Waals surface area (Å²) in [5.74, 6) is 0. The van der Waals surface area contributed by atoms with Crippen molar-refractivity contribution in [2.75, 3.05) is 19.8 Å². The number of rotatable bonds is 7. The van der Waals surface area contributed by atoms with Crippen molar-refractivity contribution in [2.45, 2.75) is 0 Å². The van der Waals surface area contributed by atoms with E-state index in [1.807, 2.05) is 0 Å². The second-order valence-electron chi connectivity index (χ2n) is 1.77. The molecule has 0 fully saturated rings. The summed E-state index contributed by atoms with van der Waals surface area (Å²) in [5, 5.41) is 0. The van der Waals surface area contributed by atoms with E-state index in [2.05, 4.69) is 24.3 Å². The van der Waals surface area contributed by atoms with Crippen LogP contribution in [0, 0.1) is 0 Å². The predicted molar refractivity (Wildman–Crippen MR) is 55.0 cm³/mol. The summed E-state index contributed by atoms with van der Waals surface area (Å²) in [5.41, 5.74) is 0. The zero-order valence-corrected chi connectivity index (χ0v) is 8.54. The van der Waals surface area contributed by atoms with Crippen LogP contribution < -0.4 is 0 Å². The first-order valence-corrected chi connectivity index (χ1v) is 4.41. The summed E-state index contributed by atoms with van der Waals surface area (Å²) in [4.78, 5) is 0. The Labute approximate surface area is 81.0 Å². The minimum atomic E-state index is -0.276. The van der Waals surface area contributed by atoms with E-state index < -0.39 is 0 Å². The van der Waals surface area contributed by atoms with Crippen LogP contribution in [-0.2, 0) is 13.8 Å². The average molecular weight is 202 g/mol. The summed E-state index contributed by atoms with van der Waals surface area (Å²) in [6, 6.07) is 0. The Kier molecular flexibility index (Phi) is 19.7. The maximum Gasteiger partial charge on any atom is 0.327 e. The van der Waals surface area contributed by atoms with Gasteiger partial charge in [0.1, 0.15) is 0 Å². The molecule has 0 unspecified atom stereocenters. The number of ether oxygens (including phenoxy) is 1. The standard InChI is InChI=1S/C6H10O.C3H5O2P/c1-3-5-7-6-4-2;1-2-3-5-6-4/h3-4H,1-2,5-6H2;2H,1,3H2. The molecule has 0 amide bonds. The first-order valence-electron chi connectivity index (χ1n) is 3.68. The third kappa shape index (κ3) is 24.6. The van der Waals surface area contributed by atoms with Crippen molar-refractivity contribution in [1.29, 1.82) is 0 Å². The van der Waals surface area contributed by atoms with Crippen LogP contribution in [0.15, 0.2) is 38.0 Å². The van der Waals surface area contributed by atoms with Crippen LogP contribution in [0.4, 0.5) is 0 Å². The molecule has 0 heterocycles. The van der Waals surface area contributed by atoms with E-state index in [9.17, 15) is 4.57 Å². The highest BCUT2D eigenvalue weighted by Crippen LogP contribution is 1.90. The van der Waals surface area contributed by atoms with E-state index in [0.29, 0.717) is 19.8 Å². The molecule has 0 aromatic carbocycles. The van der Waals surface area contributed by atoms with Crippen molar-refractivity contribution in [1.82, 2.24) is 0 Å². The van der Waals surface area contributed by atoms with Crippen LogP contribution in [0.25, 0.3) is 0 Å². The lowest BCUT2D eigenvalue weighted by Crippen LogP contribution is -1.87. The first-order chi connectivity index (χ1) is 6.33. The minimum absolute atomic E-state index is 0.276. The Morgan fingerprint density at radius 3 is 1.69 bits per heavy atom. The minimum Gasteiger partial charge on any atom is -0.373 e. The van der Waals surface area contributed by atoms with Crippen LogP contribution in [0.5, 0.6) is 0 Å². The Morgan fingerprint density at radius 1 is 1.00 bits per heavy atom. The van der Waals surface area contributed by atoms with Gasteiger partial charge in [0, 0.05) is 0 Å². The number of hydrogen-bond acceptors (Lipinski definition) is 3. The van der Waals surface area contributed by atoms with Gasteiger partial charge in [-0.3, -0.25) is 4.52 Å². The van der Waals surface area contributed by atoms with Gasteiger partial charge in [0.15, 0.2) is 0 Å². The second kappa shape index (κ2) is 17.4. The van der Waals surface area contributed by atoms with Crippen LogP contribution in [0.1, 0.15) is 0 Å². The van der Waals surface area contributed by atoms with E-state index in [1.165, 1.54) is 6.08 Å². The average Bonchev–Trinajstić information content (AvgIpc) is 2.17. The van der Waals surface area contributed by atoms with Gasteiger partial charge in [-0.1, -0.05) is 18.2 Å². The zero-order valence-electron chi connectivity index (χ0n) is 7.65. The van der Waals surface area contributed by atoms with Gasteiger partial charge in [0.2, 0.25) is 0 Å². The molecule has 74 valence electrons. The fourth-order valence-electron chi connectivity index (χ4n) is 0.318. The number of hydrogen-bond donors (Lipinski definition) is 0. The van der Waals surface area contributed by atoms with Crippen LogP contribution in [-0.4, -0.2) is 19.8 Å². The third-order valence-corrected chi connectivity index (χ3v) is 0.971. The van der Waals surface area contributed by atoms with Gasteiger partial charge in [-0.25, -0.2) is 4.57 Å². The molecule has 0 aromatic heterocycles. The lowest BCUT2D eigenvalue weighted by molar-refractivity contribution is 0.194. The Hall–Kier alpha value is -0.760. The molecule has 0 aliphatic heterocycles. The zero-order chi connectivity index (χ0) is 10.4. The van der Waals surface area contributed by atoms with Crippen LogP contribution in [0.2, 0.25) is 0 Å². The molecule has 0 rings (SSSR count). The predicted octanol–water partition coefficient (Wildman–Crippen LogP) is 2.77. The molecule has 0 atom stereocenters. The Morgan fingerprint density at radius 2 is 1.46 bits per heavy atom. The van der Waals surface area contributed by atoms with Crippen molar-refractivity contribution in [3.8, 4) is 0 Å². The lowest BCUT2D eigenvalue weighted by atomic mass is 10.6. The normalized spacial score (nSPS) is 8.31. The van der Waals surface area contributed by atoms with Crippen molar-refractivity contribution < 1.29 is 13.8 Å². The highest BCUT2D eigenvalue weighted by atomic mass is 31.1. The van der Waals surface area contributed by atoms with E-state index in [0.717, 1.165) is 0 Å². The first kappa shape index (κ1) is 14.7. The van der Waals surface area contributed by atoms with Gasteiger partial charge in [-0.05, 0) is 0 Å². The molecule has 0 saturated heterocycles. The van der Waals surface area contributed by atoms with Gasteiger partial charge >= 0.3 is 8.69 Å². The highest BCUT2D eigenvalue weighted by molar-refractivity contribution is 7.17. The third-order valence-electron chi connectivity index (χ3n) is 0.716. The van der Waals surface area contributed by atoms with Crippen LogP contribution >= 0.6 is 8.69 Å². The molecule has 0 bridgehead atoms. The molecule has 0 N–H and O–H groups in total. The quantitative estimate of drug-likeness (QED) is 0.361. The molecule has 0 spiro atoms. The van der Waals surface area contributed by atoms with Gasteiger partial charge in [-0.2, -0.15) is 0 Å². The monoisotopic (exact) mass is 202 g/mol. The fourth-order valence-corrected chi connectivity index (χ4v) is 0.484. The summed E-state index contributed by atoms with van der Waals surface area (Å²) in [6.07, 6.45) is 4.96. The molecular weight excluding hydrogens is 187 g/mol. The second-order valence-corrected chi connectivity index (χ2v) is 2.18. The maximum absolute atomic E-state index is 9.39. The van der Waals surface area contributed by atoms with E-state index in [1.54, 1.807) is 12.2 Å². The Bertz CT molecular complexity index is 130. The summed E-state index contributed by atoms with van der Waals surface area (Å²) in [6.45, 7) is 11.9. The van der Waals surface area contributed by atoms with Gasteiger partial charge < -0.3 is 4.74 Å². The van der Waals surface area contributed by atoms with Crippen molar-refractivity contribution >= 4 is 8.69 Å². The van der Waals surface area contributed by atoms with Crippen molar-refractivity contribution in [2.24, 2.45) is 0 Å². The SMILES string of the molecule is C=CCOCC=C.C=CCOP=O. The molecule has 0 aliphatic carbocycles. The fraction of sp³-hybridized carbons (Fsp3) is 0.333. The molecule has 13 heavy (non-hydrogen) atoms. The molecule has 3 nitrogen and oxygen atoms in total. The van der Waals surface area contributed by atoms with Crippen molar-refractivity contribution in [3.63, 3.8) is 0 Å². The molecule has 0 aliphatic rings. The summed E-state index contributed by atoms with van der Waals surface area (Å²) >= 11 is 0. The lowest BCUT2D eigenvalue weighted by Gasteiger charge is -1.89. The van der Waals surface area contributed by atoms with Gasteiger partial charge in [0.25, 0.3) is 0 Å².